The summed E-state index contributed by atoms with van der Waals surface area (Å²) in [6, 6.07) is 3.46. The molecule has 0 aliphatic carbocycles. The number of halogens is 1. The van der Waals surface area contributed by atoms with E-state index in [9.17, 15) is 4.79 Å². The van der Waals surface area contributed by atoms with Gasteiger partial charge in [0.25, 0.3) is 5.91 Å². The van der Waals surface area contributed by atoms with Crippen LogP contribution in [0.15, 0.2) is 12.1 Å². The molecule has 0 saturated heterocycles. The van der Waals surface area contributed by atoms with Crippen molar-refractivity contribution in [2.75, 3.05) is 14.2 Å². The number of hydrogen-bond donors (Lipinski definition) is 1. The van der Waals surface area contributed by atoms with E-state index in [1.165, 1.54) is 0 Å². The first-order chi connectivity index (χ1) is 7.51. The van der Waals surface area contributed by atoms with E-state index in [1.54, 1.807) is 20.2 Å². The van der Waals surface area contributed by atoms with Gasteiger partial charge in [0.1, 0.15) is 5.75 Å². The first-order valence-corrected chi connectivity index (χ1v) is 5.48. The van der Waals surface area contributed by atoms with Gasteiger partial charge in [-0.05, 0) is 23.6 Å². The van der Waals surface area contributed by atoms with E-state index < -0.39 is 0 Å². The van der Waals surface area contributed by atoms with E-state index in [0.717, 1.165) is 5.56 Å². The van der Waals surface area contributed by atoms with Crippen molar-refractivity contribution in [1.29, 1.82) is 0 Å². The summed E-state index contributed by atoms with van der Waals surface area (Å²) in [6.45, 7) is 4.05. The molecule has 0 fully saturated rings. The van der Waals surface area contributed by atoms with Crippen LogP contribution in [0.1, 0.15) is 35.7 Å². The number of methoxy groups -OCH3 is 1. The lowest BCUT2D eigenvalue weighted by Gasteiger charge is -2.14. The maximum Gasteiger partial charge on any atom is 0.251 e. The molecule has 0 aliphatic rings. The standard InChI is InChI=1S/C12H16ClNO2/c1-7(2)8-6-11(16-4)10(13)5-9(8)12(15)14-3/h5-7H,1-4H3,(H,14,15). The molecule has 0 heterocycles. The molecule has 0 unspecified atom stereocenters. The Morgan fingerprint density at radius 2 is 2.06 bits per heavy atom. The van der Waals surface area contributed by atoms with Crippen molar-refractivity contribution in [3.05, 3.63) is 28.3 Å². The molecule has 1 amide bonds. The van der Waals surface area contributed by atoms with Gasteiger partial charge < -0.3 is 10.1 Å². The molecular formula is C12H16ClNO2. The highest BCUT2D eigenvalue weighted by Gasteiger charge is 2.16. The van der Waals surface area contributed by atoms with Crippen LogP contribution in [0.2, 0.25) is 5.02 Å². The van der Waals surface area contributed by atoms with Crippen molar-refractivity contribution in [2.24, 2.45) is 0 Å². The van der Waals surface area contributed by atoms with Crippen LogP contribution in [0.4, 0.5) is 0 Å². The molecule has 1 aromatic carbocycles. The van der Waals surface area contributed by atoms with Gasteiger partial charge in [-0.2, -0.15) is 0 Å². The lowest BCUT2D eigenvalue weighted by Crippen LogP contribution is -2.20. The minimum absolute atomic E-state index is 0.131. The van der Waals surface area contributed by atoms with E-state index in [-0.39, 0.29) is 11.8 Å². The lowest BCUT2D eigenvalue weighted by atomic mass is 9.96. The van der Waals surface area contributed by atoms with Crippen LogP contribution in [0.5, 0.6) is 5.75 Å². The summed E-state index contributed by atoms with van der Waals surface area (Å²) in [5, 5.41) is 3.05. The van der Waals surface area contributed by atoms with E-state index in [1.807, 2.05) is 19.9 Å². The fourth-order valence-electron chi connectivity index (χ4n) is 1.53. The number of rotatable bonds is 3. The summed E-state index contributed by atoms with van der Waals surface area (Å²) in [5.74, 6) is 0.699. The Kier molecular flexibility index (Phi) is 4.19. The minimum atomic E-state index is -0.131. The van der Waals surface area contributed by atoms with Crippen molar-refractivity contribution in [2.45, 2.75) is 19.8 Å². The highest BCUT2D eigenvalue weighted by atomic mass is 35.5. The summed E-state index contributed by atoms with van der Waals surface area (Å²) in [5.41, 5.74) is 1.53. The Hall–Kier alpha value is -1.22. The predicted molar refractivity (Wildman–Crippen MR) is 65.5 cm³/mol. The summed E-state index contributed by atoms with van der Waals surface area (Å²) < 4.78 is 5.14. The number of benzene rings is 1. The van der Waals surface area contributed by atoms with Gasteiger partial charge >= 0.3 is 0 Å². The van der Waals surface area contributed by atoms with Gasteiger partial charge in [-0.1, -0.05) is 25.4 Å². The second-order valence-electron chi connectivity index (χ2n) is 3.81. The summed E-state index contributed by atoms with van der Waals surface area (Å²) >= 11 is 6.00. The lowest BCUT2D eigenvalue weighted by molar-refractivity contribution is 0.0962. The van der Waals surface area contributed by atoms with Crippen molar-refractivity contribution in [1.82, 2.24) is 5.32 Å². The number of carbonyl (C=O) groups is 1. The van der Waals surface area contributed by atoms with Crippen molar-refractivity contribution < 1.29 is 9.53 Å². The maximum absolute atomic E-state index is 11.7. The quantitative estimate of drug-likeness (QED) is 0.884. The number of hydrogen-bond acceptors (Lipinski definition) is 2. The molecule has 88 valence electrons. The molecule has 0 aromatic heterocycles. The van der Waals surface area contributed by atoms with Crippen LogP contribution in [0.25, 0.3) is 0 Å². The molecule has 3 nitrogen and oxygen atoms in total. The van der Waals surface area contributed by atoms with E-state index in [2.05, 4.69) is 5.32 Å². The minimum Gasteiger partial charge on any atom is -0.495 e. The van der Waals surface area contributed by atoms with Gasteiger partial charge in [-0.3, -0.25) is 4.79 Å². The number of nitrogens with one attached hydrogen (secondary N) is 1. The Labute approximate surface area is 101 Å². The normalized spacial score (nSPS) is 10.4. The third-order valence-corrected chi connectivity index (χ3v) is 2.71. The second-order valence-corrected chi connectivity index (χ2v) is 4.22. The number of carbonyl (C=O) groups excluding carboxylic acids is 1. The van der Waals surface area contributed by atoms with Crippen molar-refractivity contribution >= 4 is 17.5 Å². The van der Waals surface area contributed by atoms with E-state index in [4.69, 9.17) is 16.3 Å². The molecule has 0 saturated carbocycles. The summed E-state index contributed by atoms with van der Waals surface area (Å²) in [6.07, 6.45) is 0. The molecule has 0 atom stereocenters. The number of ether oxygens (including phenoxy) is 1. The predicted octanol–water partition coefficient (Wildman–Crippen LogP) is 2.83. The van der Waals surface area contributed by atoms with Crippen molar-refractivity contribution in [3.63, 3.8) is 0 Å². The molecule has 16 heavy (non-hydrogen) atoms. The largest absolute Gasteiger partial charge is 0.495 e. The average Bonchev–Trinajstić information content (AvgIpc) is 2.27. The molecule has 4 heteroatoms. The van der Waals surface area contributed by atoms with E-state index >= 15 is 0 Å². The fraction of sp³-hybridized carbons (Fsp3) is 0.417. The summed E-state index contributed by atoms with van der Waals surface area (Å²) in [4.78, 5) is 11.7. The van der Waals surface area contributed by atoms with Gasteiger partial charge in [-0.25, -0.2) is 0 Å². The summed E-state index contributed by atoms with van der Waals surface area (Å²) in [7, 11) is 3.16. The van der Waals surface area contributed by atoms with Gasteiger partial charge in [0, 0.05) is 12.6 Å². The van der Waals surface area contributed by atoms with Crippen LogP contribution in [0.3, 0.4) is 0 Å². The van der Waals surface area contributed by atoms with Gasteiger partial charge in [-0.15, -0.1) is 0 Å². The molecule has 0 radical (unpaired) electrons. The molecular weight excluding hydrogens is 226 g/mol. The second kappa shape index (κ2) is 5.21. The average molecular weight is 242 g/mol. The van der Waals surface area contributed by atoms with Crippen LogP contribution in [-0.2, 0) is 0 Å². The van der Waals surface area contributed by atoms with Crippen LogP contribution >= 0.6 is 11.6 Å². The van der Waals surface area contributed by atoms with E-state index in [0.29, 0.717) is 16.3 Å². The highest BCUT2D eigenvalue weighted by Crippen LogP contribution is 2.31. The maximum atomic E-state index is 11.7. The molecule has 0 bridgehead atoms. The van der Waals surface area contributed by atoms with Crippen LogP contribution in [-0.4, -0.2) is 20.1 Å². The molecule has 1 N–H and O–H groups in total. The first kappa shape index (κ1) is 12.8. The van der Waals surface area contributed by atoms with Gasteiger partial charge in [0.2, 0.25) is 0 Å². The Balaban J connectivity index is 3.36. The zero-order valence-corrected chi connectivity index (χ0v) is 10.7. The SMILES string of the molecule is CNC(=O)c1cc(Cl)c(OC)cc1C(C)C. The Morgan fingerprint density at radius 1 is 1.44 bits per heavy atom. The van der Waals surface area contributed by atoms with Gasteiger partial charge in [0.05, 0.1) is 12.1 Å². The topological polar surface area (TPSA) is 38.3 Å². The third-order valence-electron chi connectivity index (χ3n) is 2.42. The zero-order chi connectivity index (χ0) is 12.3. The smallest absolute Gasteiger partial charge is 0.251 e. The first-order valence-electron chi connectivity index (χ1n) is 5.10. The van der Waals surface area contributed by atoms with Crippen molar-refractivity contribution in [3.8, 4) is 5.75 Å². The Bertz CT molecular complexity index is 402. The van der Waals surface area contributed by atoms with Crippen LogP contribution < -0.4 is 10.1 Å². The molecule has 0 spiro atoms. The fourth-order valence-corrected chi connectivity index (χ4v) is 1.78. The molecule has 1 aromatic rings. The Morgan fingerprint density at radius 3 is 2.50 bits per heavy atom. The molecule has 0 aliphatic heterocycles. The third kappa shape index (κ3) is 2.47. The number of amides is 1. The zero-order valence-electron chi connectivity index (χ0n) is 9.93. The monoisotopic (exact) mass is 241 g/mol. The highest BCUT2D eigenvalue weighted by molar-refractivity contribution is 6.32. The molecule has 1 rings (SSSR count). The van der Waals surface area contributed by atoms with Gasteiger partial charge in [0.15, 0.2) is 0 Å². The van der Waals surface area contributed by atoms with Crippen LogP contribution in [0, 0.1) is 0 Å².